The molecule has 1 unspecified atom stereocenters. The van der Waals surface area contributed by atoms with Crippen LogP contribution in [0, 0.1) is 5.92 Å². The van der Waals surface area contributed by atoms with Crippen LogP contribution >= 0.6 is 11.3 Å². The summed E-state index contributed by atoms with van der Waals surface area (Å²) in [7, 11) is -3.04. The number of carbonyl (C=O) groups excluding carboxylic acids is 1. The maximum Gasteiger partial charge on any atom is 0.401 e. The Hall–Kier alpha value is -2.50. The highest BCUT2D eigenvalue weighted by Gasteiger charge is 2.29. The van der Waals surface area contributed by atoms with Crippen molar-refractivity contribution in [3.8, 4) is 10.4 Å². The largest absolute Gasteiger partial charge is 0.401 e. The fraction of sp³-hybridized carbons (Fsp3) is 0.533. The third kappa shape index (κ3) is 7.48. The van der Waals surface area contributed by atoms with Gasteiger partial charge in [-0.1, -0.05) is 68.5 Å². The van der Waals surface area contributed by atoms with Crippen LogP contribution in [0.25, 0.3) is 21.2 Å². The van der Waals surface area contributed by atoms with Crippen LogP contribution < -0.4 is 10.6 Å². The molecule has 2 heterocycles. The first-order chi connectivity index (χ1) is 19.5. The van der Waals surface area contributed by atoms with Crippen molar-refractivity contribution in [2.24, 2.45) is 5.92 Å². The highest BCUT2D eigenvalue weighted by atomic mass is 32.2. The Bertz CT molecular complexity index is 1480. The Morgan fingerprint density at radius 2 is 1.71 bits per heavy atom. The molecular formula is C30H36F3N3O3S2. The molecule has 6 nitrogen and oxygen atoms in total. The number of sulfone groups is 1. The van der Waals surface area contributed by atoms with Crippen molar-refractivity contribution in [2.45, 2.75) is 76.6 Å². The van der Waals surface area contributed by atoms with E-state index in [9.17, 15) is 26.4 Å². The van der Waals surface area contributed by atoms with Gasteiger partial charge < -0.3 is 10.6 Å². The predicted octanol–water partition coefficient (Wildman–Crippen LogP) is 6.61. The molecule has 1 amide bonds. The molecule has 3 aromatic rings. The number of thiazole rings is 1. The number of alkyl halides is 3. The molecule has 2 aliphatic rings. The number of fused-ring (bicyclic) bond motifs is 1. The first-order valence-corrected chi connectivity index (χ1v) is 17.0. The monoisotopic (exact) mass is 607 g/mol. The summed E-state index contributed by atoms with van der Waals surface area (Å²) in [5, 5.41) is 7.71. The summed E-state index contributed by atoms with van der Waals surface area (Å²) in [5.41, 5.74) is 2.56. The van der Waals surface area contributed by atoms with E-state index in [1.165, 1.54) is 30.6 Å². The van der Waals surface area contributed by atoms with E-state index >= 15 is 0 Å². The van der Waals surface area contributed by atoms with Gasteiger partial charge in [0.15, 0.2) is 5.01 Å². The molecule has 1 saturated carbocycles. The first-order valence-electron chi connectivity index (χ1n) is 14.3. The lowest BCUT2D eigenvalue weighted by Gasteiger charge is -2.22. The van der Waals surface area contributed by atoms with E-state index in [0.29, 0.717) is 23.8 Å². The molecule has 1 aromatic heterocycles. The maximum absolute atomic E-state index is 13.3. The van der Waals surface area contributed by atoms with Gasteiger partial charge in [0.2, 0.25) is 0 Å². The van der Waals surface area contributed by atoms with E-state index in [4.69, 9.17) is 4.98 Å². The van der Waals surface area contributed by atoms with Crippen LogP contribution in [0.2, 0.25) is 0 Å². The number of hydrogen-bond donors (Lipinski definition) is 2. The maximum atomic E-state index is 13.3. The van der Waals surface area contributed by atoms with E-state index in [2.05, 4.69) is 10.6 Å². The number of nitrogens with zero attached hydrogens (tertiary/aromatic N) is 1. The highest BCUT2D eigenvalue weighted by Crippen LogP contribution is 2.40. The van der Waals surface area contributed by atoms with Gasteiger partial charge >= 0.3 is 6.18 Å². The van der Waals surface area contributed by atoms with E-state index in [-0.39, 0.29) is 23.5 Å². The fourth-order valence-corrected chi connectivity index (χ4v) is 8.55. The number of amides is 1. The summed E-state index contributed by atoms with van der Waals surface area (Å²) in [6.45, 7) is 0.656. The second-order valence-electron chi connectivity index (χ2n) is 11.4. The summed E-state index contributed by atoms with van der Waals surface area (Å²) < 4.78 is 62.3. The number of benzene rings is 2. The van der Waals surface area contributed by atoms with E-state index < -0.39 is 28.6 Å². The number of nitrogens with one attached hydrogen (secondary N) is 2. The molecule has 222 valence electrons. The van der Waals surface area contributed by atoms with Crippen LogP contribution in [-0.2, 0) is 16.3 Å². The van der Waals surface area contributed by atoms with Crippen LogP contribution in [0.1, 0.15) is 79.0 Å². The fourth-order valence-electron chi connectivity index (χ4n) is 6.02. The van der Waals surface area contributed by atoms with Gasteiger partial charge in [-0.15, -0.1) is 11.3 Å². The molecule has 2 aromatic carbocycles. The van der Waals surface area contributed by atoms with E-state index in [1.54, 1.807) is 6.92 Å². The van der Waals surface area contributed by atoms with Crippen molar-refractivity contribution in [3.63, 3.8) is 0 Å². The van der Waals surface area contributed by atoms with Gasteiger partial charge in [-0.2, -0.15) is 13.2 Å². The van der Waals surface area contributed by atoms with Crippen molar-refractivity contribution in [1.29, 1.82) is 0 Å². The van der Waals surface area contributed by atoms with Gasteiger partial charge in [-0.3, -0.25) is 4.79 Å². The molecular weight excluding hydrogens is 571 g/mol. The minimum atomic E-state index is -4.30. The molecule has 1 aliphatic heterocycles. The standard InChI is InChI=1S/C30H36F3N3O3S2/c1-19(34-18-30(31,32)33)22-11-12-25(24-10-6-5-9-23(22)24)27-26(17-20-7-3-2-4-8-20)36-29(40-27)28(37)35-21-13-15-41(38,39)16-14-21/h5-6,9-12,19-21,34H,2-4,7-8,13-18H2,1H3,(H,35,37). The lowest BCUT2D eigenvalue weighted by Crippen LogP contribution is -2.40. The molecule has 5 rings (SSSR count). The number of hydrogen-bond acceptors (Lipinski definition) is 6. The lowest BCUT2D eigenvalue weighted by atomic mass is 9.85. The summed E-state index contributed by atoms with van der Waals surface area (Å²) in [4.78, 5) is 19.1. The van der Waals surface area contributed by atoms with Gasteiger partial charge in [0, 0.05) is 17.6 Å². The summed E-state index contributed by atoms with van der Waals surface area (Å²) >= 11 is 1.33. The molecule has 1 atom stereocenters. The van der Waals surface area contributed by atoms with Crippen molar-refractivity contribution in [2.75, 3.05) is 18.1 Å². The minimum Gasteiger partial charge on any atom is -0.347 e. The third-order valence-electron chi connectivity index (χ3n) is 8.27. The average molecular weight is 608 g/mol. The zero-order chi connectivity index (χ0) is 29.2. The summed E-state index contributed by atoms with van der Waals surface area (Å²) in [6.07, 6.45) is 3.10. The van der Waals surface area contributed by atoms with Crippen LogP contribution in [0.5, 0.6) is 0 Å². The third-order valence-corrected chi connectivity index (χ3v) is 11.1. The molecule has 1 saturated heterocycles. The smallest absolute Gasteiger partial charge is 0.347 e. The molecule has 1 aliphatic carbocycles. The molecule has 11 heteroatoms. The van der Waals surface area contributed by atoms with Gasteiger partial charge in [-0.05, 0) is 48.4 Å². The van der Waals surface area contributed by atoms with Crippen LogP contribution in [0.15, 0.2) is 36.4 Å². The van der Waals surface area contributed by atoms with Gasteiger partial charge in [0.05, 0.1) is 28.6 Å². The Morgan fingerprint density at radius 1 is 1.02 bits per heavy atom. The van der Waals surface area contributed by atoms with Crippen molar-refractivity contribution >= 4 is 37.9 Å². The molecule has 41 heavy (non-hydrogen) atoms. The quantitative estimate of drug-likeness (QED) is 0.301. The topological polar surface area (TPSA) is 88.2 Å². The number of halogens is 3. The first kappa shape index (κ1) is 30.0. The molecule has 2 fully saturated rings. The van der Waals surface area contributed by atoms with Crippen LogP contribution in [0.4, 0.5) is 13.2 Å². The van der Waals surface area contributed by atoms with Crippen LogP contribution in [-0.4, -0.2) is 49.6 Å². The summed E-state index contributed by atoms with van der Waals surface area (Å²) in [6, 6.07) is 10.8. The van der Waals surface area contributed by atoms with Gasteiger partial charge in [-0.25, -0.2) is 13.4 Å². The van der Waals surface area contributed by atoms with Crippen molar-refractivity contribution in [3.05, 3.63) is 52.7 Å². The van der Waals surface area contributed by atoms with Gasteiger partial charge in [0.1, 0.15) is 9.84 Å². The Labute approximate surface area is 243 Å². The number of rotatable bonds is 8. The second kappa shape index (κ2) is 12.4. The van der Waals surface area contributed by atoms with Crippen molar-refractivity contribution < 1.29 is 26.4 Å². The average Bonchev–Trinajstić information content (AvgIpc) is 3.36. The summed E-state index contributed by atoms with van der Waals surface area (Å²) in [5.74, 6) is 0.341. The van der Waals surface area contributed by atoms with Gasteiger partial charge in [0.25, 0.3) is 5.91 Å². The molecule has 2 N–H and O–H groups in total. The number of aromatic nitrogens is 1. The zero-order valence-electron chi connectivity index (χ0n) is 23.1. The predicted molar refractivity (Wildman–Crippen MR) is 157 cm³/mol. The highest BCUT2D eigenvalue weighted by molar-refractivity contribution is 7.91. The minimum absolute atomic E-state index is 0.0720. The molecule has 0 radical (unpaired) electrons. The van der Waals surface area contributed by atoms with Crippen LogP contribution in [0.3, 0.4) is 0 Å². The Morgan fingerprint density at radius 3 is 2.39 bits per heavy atom. The van der Waals surface area contributed by atoms with E-state index in [1.807, 2.05) is 36.4 Å². The molecule has 0 spiro atoms. The second-order valence-corrected chi connectivity index (χ2v) is 14.7. The molecule has 0 bridgehead atoms. The number of carbonyl (C=O) groups is 1. The lowest BCUT2D eigenvalue weighted by molar-refractivity contribution is -0.126. The Balaban J connectivity index is 1.48. The van der Waals surface area contributed by atoms with E-state index in [0.717, 1.165) is 51.7 Å². The normalized spacial score (nSPS) is 19.3. The zero-order valence-corrected chi connectivity index (χ0v) is 24.7. The SMILES string of the molecule is CC(NCC(F)(F)F)c1ccc(-c2sc(C(=O)NC3CCS(=O)(=O)CC3)nc2CC2CCCCC2)c2ccccc12. The Kier molecular flexibility index (Phi) is 9.06. The van der Waals surface area contributed by atoms with Crippen molar-refractivity contribution in [1.82, 2.24) is 15.6 Å².